The Kier molecular flexibility index (Phi) is 7.29. The van der Waals surface area contributed by atoms with E-state index in [1.807, 2.05) is 0 Å². The predicted molar refractivity (Wildman–Crippen MR) is 84.4 cm³/mol. The minimum absolute atomic E-state index is 0.570. The number of alkyl halides is 5. The highest BCUT2D eigenvalue weighted by Gasteiger charge is 2.69. The van der Waals surface area contributed by atoms with Crippen LogP contribution in [0.5, 0.6) is 5.75 Å². The molecule has 0 bridgehead atoms. The van der Waals surface area contributed by atoms with E-state index in [0.29, 0.717) is 5.56 Å². The van der Waals surface area contributed by atoms with E-state index >= 15 is 0 Å². The van der Waals surface area contributed by atoms with Gasteiger partial charge in [0.1, 0.15) is 12.4 Å². The van der Waals surface area contributed by atoms with Crippen molar-refractivity contribution in [3.63, 3.8) is 0 Å². The van der Waals surface area contributed by atoms with Crippen LogP contribution in [0.2, 0.25) is 0 Å². The van der Waals surface area contributed by atoms with Crippen molar-refractivity contribution in [3.8, 4) is 5.75 Å². The van der Waals surface area contributed by atoms with Crippen molar-refractivity contribution >= 4 is 22.1 Å². The molecule has 1 rings (SSSR count). The van der Waals surface area contributed by atoms with Crippen molar-refractivity contribution in [1.29, 1.82) is 0 Å². The van der Waals surface area contributed by atoms with Gasteiger partial charge in [0.15, 0.2) is 0 Å². The van der Waals surface area contributed by atoms with Gasteiger partial charge in [0.05, 0.1) is 0 Å². The Labute approximate surface area is 164 Å². The molecule has 1 unspecified atom stereocenters. The molecule has 0 amide bonds. The molecule has 0 fully saturated rings. The zero-order chi connectivity index (χ0) is 23.5. The Hall–Kier alpha value is -2.65. The number of aryl methyl sites for hydroxylation is 1. The third-order valence-electron chi connectivity index (χ3n) is 3.15. The first kappa shape index (κ1) is 25.4. The van der Waals surface area contributed by atoms with Crippen LogP contribution < -0.4 is 4.74 Å². The number of carbonyl (C=O) groups excluding carboxylic acids is 2. The molecule has 0 heterocycles. The van der Waals surface area contributed by atoms with Crippen molar-refractivity contribution < 1.29 is 63.1 Å². The van der Waals surface area contributed by atoms with Gasteiger partial charge < -0.3 is 14.2 Å². The van der Waals surface area contributed by atoms with Crippen LogP contribution in [-0.2, 0) is 29.2 Å². The molecule has 168 valence electrons. The molecule has 0 saturated carbocycles. The molecule has 0 radical (unpaired) electrons. The SMILES string of the molecule is C=C(F)C(=O)OC(OCC(F)(F)S(=O)(=O)O)(C(=O)Oc1ccc(C)cc1)C(F)(F)F. The number of ether oxygens (including phenoxy) is 3. The van der Waals surface area contributed by atoms with E-state index in [1.165, 1.54) is 12.1 Å². The van der Waals surface area contributed by atoms with Gasteiger partial charge in [0.2, 0.25) is 5.83 Å². The molecule has 0 aromatic heterocycles. The maximum Gasteiger partial charge on any atom is 0.468 e. The van der Waals surface area contributed by atoms with Gasteiger partial charge in [0.25, 0.3) is 0 Å². The second kappa shape index (κ2) is 8.61. The predicted octanol–water partition coefficient (Wildman–Crippen LogP) is 2.68. The summed E-state index contributed by atoms with van der Waals surface area (Å²) in [5.41, 5.74) is 0.570. The molecule has 30 heavy (non-hydrogen) atoms. The van der Waals surface area contributed by atoms with Crippen molar-refractivity contribution in [3.05, 3.63) is 42.2 Å². The minimum Gasteiger partial charge on any atom is -0.421 e. The summed E-state index contributed by atoms with van der Waals surface area (Å²) in [6.07, 6.45) is -6.19. The highest BCUT2D eigenvalue weighted by molar-refractivity contribution is 7.86. The molecular formula is C15H12F6O8S. The average Bonchev–Trinajstić information content (AvgIpc) is 2.58. The quantitative estimate of drug-likeness (QED) is 0.155. The summed E-state index contributed by atoms with van der Waals surface area (Å²) < 4.78 is 121. The number of benzene rings is 1. The van der Waals surface area contributed by atoms with Crippen LogP contribution >= 0.6 is 0 Å². The van der Waals surface area contributed by atoms with E-state index in [1.54, 1.807) is 6.92 Å². The summed E-state index contributed by atoms with van der Waals surface area (Å²) >= 11 is 0. The highest BCUT2D eigenvalue weighted by atomic mass is 32.2. The smallest absolute Gasteiger partial charge is 0.421 e. The molecule has 0 saturated heterocycles. The maximum absolute atomic E-state index is 13.6. The van der Waals surface area contributed by atoms with Crippen LogP contribution in [-0.4, -0.2) is 48.7 Å². The van der Waals surface area contributed by atoms with Crippen LogP contribution in [0.15, 0.2) is 36.7 Å². The highest BCUT2D eigenvalue weighted by Crippen LogP contribution is 2.39. The van der Waals surface area contributed by atoms with Crippen LogP contribution in [0.3, 0.4) is 0 Å². The monoisotopic (exact) mass is 466 g/mol. The van der Waals surface area contributed by atoms with Gasteiger partial charge >= 0.3 is 39.3 Å². The molecule has 0 aliphatic rings. The van der Waals surface area contributed by atoms with Crippen LogP contribution in [0.25, 0.3) is 0 Å². The Morgan fingerprint density at radius 2 is 1.60 bits per heavy atom. The Morgan fingerprint density at radius 1 is 1.10 bits per heavy atom. The van der Waals surface area contributed by atoms with Gasteiger partial charge in [0, 0.05) is 0 Å². The summed E-state index contributed by atoms with van der Waals surface area (Å²) in [6.45, 7) is 1.05. The normalized spacial score (nSPS) is 14.5. The summed E-state index contributed by atoms with van der Waals surface area (Å²) in [6, 6.07) is 4.47. The van der Waals surface area contributed by atoms with E-state index in [2.05, 4.69) is 20.8 Å². The molecule has 0 aliphatic carbocycles. The third-order valence-corrected chi connectivity index (χ3v) is 4.02. The standard InChI is InChI=1S/C15H12F6O8S/c1-8-3-5-10(6-4-8)28-12(23)14(15(19,20)21,29-11(22)9(2)16)27-7-13(17,18)30(24,25)26/h3-6H,2,7H2,1H3,(H,24,25,26). The lowest BCUT2D eigenvalue weighted by atomic mass is 10.2. The van der Waals surface area contributed by atoms with Gasteiger partial charge in [-0.2, -0.15) is 34.8 Å². The Balaban J connectivity index is 3.45. The lowest BCUT2D eigenvalue weighted by molar-refractivity contribution is -0.357. The molecule has 1 N–H and O–H groups in total. The molecule has 0 aliphatic heterocycles. The first-order valence-electron chi connectivity index (χ1n) is 7.35. The maximum atomic E-state index is 13.6. The lowest BCUT2D eigenvalue weighted by Crippen LogP contribution is -2.60. The summed E-state index contributed by atoms with van der Waals surface area (Å²) in [4.78, 5) is 23.4. The van der Waals surface area contributed by atoms with Crippen LogP contribution in [0, 0.1) is 6.92 Å². The number of halogens is 6. The van der Waals surface area contributed by atoms with Gasteiger partial charge in [-0.05, 0) is 19.1 Å². The van der Waals surface area contributed by atoms with Crippen molar-refractivity contribution in [2.75, 3.05) is 6.61 Å². The zero-order valence-electron chi connectivity index (χ0n) is 14.7. The molecular weight excluding hydrogens is 454 g/mol. The van der Waals surface area contributed by atoms with Gasteiger partial charge in [-0.1, -0.05) is 24.3 Å². The molecule has 0 spiro atoms. The van der Waals surface area contributed by atoms with Gasteiger partial charge in [-0.15, -0.1) is 0 Å². The number of rotatable bonds is 8. The minimum atomic E-state index is -6.31. The zero-order valence-corrected chi connectivity index (χ0v) is 15.5. The number of carbonyl (C=O) groups is 2. The summed E-state index contributed by atoms with van der Waals surface area (Å²) in [5, 5.41) is -5.38. The van der Waals surface area contributed by atoms with Crippen LogP contribution in [0.4, 0.5) is 26.3 Å². The first-order chi connectivity index (χ1) is 13.4. The summed E-state index contributed by atoms with van der Waals surface area (Å²) in [7, 11) is -6.31. The van der Waals surface area contributed by atoms with Gasteiger partial charge in [-0.25, -0.2) is 9.59 Å². The first-order valence-corrected chi connectivity index (χ1v) is 8.79. The molecule has 1 aromatic carbocycles. The molecule has 1 atom stereocenters. The molecule has 8 nitrogen and oxygen atoms in total. The second-order valence-corrected chi connectivity index (χ2v) is 7.06. The number of esters is 2. The largest absolute Gasteiger partial charge is 0.468 e. The fraction of sp³-hybridized carbons (Fsp3) is 0.333. The summed E-state index contributed by atoms with van der Waals surface area (Å²) in [5.74, 6) is -13.1. The van der Waals surface area contributed by atoms with E-state index in [-0.39, 0.29) is 0 Å². The molecule has 1 aromatic rings. The number of hydrogen-bond donors (Lipinski definition) is 1. The fourth-order valence-corrected chi connectivity index (χ4v) is 1.82. The van der Waals surface area contributed by atoms with E-state index in [9.17, 15) is 44.3 Å². The topological polar surface area (TPSA) is 116 Å². The van der Waals surface area contributed by atoms with E-state index in [4.69, 9.17) is 4.55 Å². The van der Waals surface area contributed by atoms with Crippen LogP contribution in [0.1, 0.15) is 5.56 Å². The third kappa shape index (κ3) is 5.70. The average molecular weight is 466 g/mol. The Morgan fingerprint density at radius 3 is 2.00 bits per heavy atom. The lowest BCUT2D eigenvalue weighted by Gasteiger charge is -2.32. The van der Waals surface area contributed by atoms with E-state index in [0.717, 1.165) is 12.1 Å². The van der Waals surface area contributed by atoms with Crippen molar-refractivity contribution in [2.24, 2.45) is 0 Å². The van der Waals surface area contributed by atoms with E-state index < -0.39 is 57.5 Å². The van der Waals surface area contributed by atoms with Crippen molar-refractivity contribution in [2.45, 2.75) is 24.1 Å². The fourth-order valence-electron chi connectivity index (χ4n) is 1.61. The van der Waals surface area contributed by atoms with Crippen molar-refractivity contribution in [1.82, 2.24) is 0 Å². The number of hydrogen-bond acceptors (Lipinski definition) is 7. The van der Waals surface area contributed by atoms with Gasteiger partial charge in [-0.3, -0.25) is 4.55 Å². The molecule has 15 heteroatoms. The Bertz CT molecular complexity index is 925. The second-order valence-electron chi connectivity index (χ2n) is 5.51.